The van der Waals surface area contributed by atoms with Gasteiger partial charge in [0, 0.05) is 45.7 Å². The highest BCUT2D eigenvalue weighted by molar-refractivity contribution is 5.86. The summed E-state index contributed by atoms with van der Waals surface area (Å²) in [5, 5.41) is 0. The minimum absolute atomic E-state index is 0.0363. The Balaban J connectivity index is 1.44. The van der Waals surface area contributed by atoms with Gasteiger partial charge in [-0.05, 0) is 32.6 Å². The number of nitrogens with zero attached hydrogens (tertiary/aromatic N) is 9. The van der Waals surface area contributed by atoms with Crippen LogP contribution in [-0.4, -0.2) is 105 Å². The van der Waals surface area contributed by atoms with Crippen molar-refractivity contribution < 1.29 is 9.13 Å². The van der Waals surface area contributed by atoms with Gasteiger partial charge in [-0.15, -0.1) is 0 Å². The number of benzene rings is 1. The highest BCUT2D eigenvalue weighted by Gasteiger charge is 2.32. The number of para-hydroxylation sites is 2. The van der Waals surface area contributed by atoms with E-state index in [1.807, 2.05) is 48.8 Å². The average Bonchev–Trinajstić information content (AvgIpc) is 3.46. The number of likely N-dealkylation sites (tertiary alicyclic amines) is 1. The molecule has 0 saturated carbocycles. The van der Waals surface area contributed by atoms with Crippen LogP contribution in [0.5, 0.6) is 0 Å². The number of alkyl halides is 1. The second-order valence-electron chi connectivity index (χ2n) is 10.5. The van der Waals surface area contributed by atoms with Crippen molar-refractivity contribution in [3.05, 3.63) is 35.9 Å². The minimum atomic E-state index is -0.884. The summed E-state index contributed by atoms with van der Waals surface area (Å²) in [6, 6.07) is 8.06. The second kappa shape index (κ2) is 10.2. The monoisotopic (exact) mass is 521 g/mol. The molecule has 0 amide bonds. The van der Waals surface area contributed by atoms with Gasteiger partial charge < -0.3 is 19.1 Å². The molecule has 0 spiro atoms. The quantitative estimate of drug-likeness (QED) is 0.383. The number of anilines is 1. The molecule has 10 nitrogen and oxygen atoms in total. The van der Waals surface area contributed by atoms with Crippen LogP contribution in [-0.2, 0) is 24.8 Å². The van der Waals surface area contributed by atoms with Gasteiger partial charge in [0.05, 0.1) is 30.8 Å². The highest BCUT2D eigenvalue weighted by Crippen LogP contribution is 2.29. The maximum Gasteiger partial charge on any atom is 0.239 e. The number of imidazole rings is 2. The molecule has 38 heavy (non-hydrogen) atoms. The zero-order valence-corrected chi connectivity index (χ0v) is 22.6. The predicted molar refractivity (Wildman–Crippen MR) is 146 cm³/mol. The van der Waals surface area contributed by atoms with Crippen LogP contribution in [0.2, 0.25) is 0 Å². The Hall–Kier alpha value is -3.15. The van der Waals surface area contributed by atoms with E-state index in [0.717, 1.165) is 72.1 Å². The van der Waals surface area contributed by atoms with Crippen molar-refractivity contribution in [1.82, 2.24) is 38.9 Å². The fourth-order valence-electron chi connectivity index (χ4n) is 5.73. The molecular formula is C27H36FN9O. The van der Waals surface area contributed by atoms with E-state index in [1.165, 1.54) is 0 Å². The number of hydrogen-bond donors (Lipinski definition) is 0. The molecule has 0 radical (unpaired) electrons. The largest absolute Gasteiger partial charge is 0.378 e. The van der Waals surface area contributed by atoms with E-state index < -0.39 is 6.17 Å². The maximum absolute atomic E-state index is 14.9. The number of ether oxygens (including phenoxy) is 1. The number of morpholine rings is 1. The molecule has 2 aliphatic rings. The molecule has 6 rings (SSSR count). The van der Waals surface area contributed by atoms with E-state index in [9.17, 15) is 4.39 Å². The molecule has 202 valence electrons. The molecule has 0 N–H and O–H groups in total. The van der Waals surface area contributed by atoms with Gasteiger partial charge >= 0.3 is 0 Å². The summed E-state index contributed by atoms with van der Waals surface area (Å²) < 4.78 is 24.6. The van der Waals surface area contributed by atoms with Crippen molar-refractivity contribution in [2.75, 3.05) is 58.4 Å². The molecule has 5 heterocycles. The van der Waals surface area contributed by atoms with Crippen molar-refractivity contribution in [3.8, 4) is 5.95 Å². The molecule has 1 aromatic carbocycles. The van der Waals surface area contributed by atoms with Crippen molar-refractivity contribution in [1.29, 1.82) is 0 Å². The van der Waals surface area contributed by atoms with Gasteiger partial charge in [-0.25, -0.2) is 14.4 Å². The highest BCUT2D eigenvalue weighted by atomic mass is 19.1. The van der Waals surface area contributed by atoms with Crippen molar-refractivity contribution in [3.63, 3.8) is 0 Å². The lowest BCUT2D eigenvalue weighted by atomic mass is 10.0. The lowest BCUT2D eigenvalue weighted by Gasteiger charge is -2.37. The Morgan fingerprint density at radius 2 is 1.82 bits per heavy atom. The third-order valence-electron chi connectivity index (χ3n) is 7.86. The van der Waals surface area contributed by atoms with Crippen LogP contribution in [0.4, 0.5) is 10.2 Å². The standard InChI is InChI=1S/C27H36FN9O/c1-5-22-29-19-8-6-7-9-21(19)37(22)27-31-25-24(26(32-27)36-12-14-38-15-13-36)30-23(34(25)4)17-35-11-10-20(33(2)3)18(28)16-35/h6-9,18,20H,5,10-17H2,1-4H3/t18-,20+/m1/s1. The summed E-state index contributed by atoms with van der Waals surface area (Å²) in [5.74, 6) is 3.18. The number of piperidine rings is 1. The summed E-state index contributed by atoms with van der Waals surface area (Å²) in [4.78, 5) is 26.4. The first-order valence-electron chi connectivity index (χ1n) is 13.5. The summed E-state index contributed by atoms with van der Waals surface area (Å²) >= 11 is 0. The van der Waals surface area contributed by atoms with Crippen molar-refractivity contribution in [2.45, 2.75) is 38.5 Å². The fourth-order valence-corrected chi connectivity index (χ4v) is 5.73. The number of rotatable bonds is 6. The molecular weight excluding hydrogens is 485 g/mol. The Morgan fingerprint density at radius 1 is 1.03 bits per heavy atom. The average molecular weight is 522 g/mol. The van der Waals surface area contributed by atoms with E-state index in [0.29, 0.717) is 32.3 Å². The van der Waals surface area contributed by atoms with E-state index in [-0.39, 0.29) is 6.04 Å². The van der Waals surface area contributed by atoms with Crippen LogP contribution < -0.4 is 4.90 Å². The zero-order chi connectivity index (χ0) is 26.4. The van der Waals surface area contributed by atoms with Crippen molar-refractivity contribution >= 4 is 28.0 Å². The van der Waals surface area contributed by atoms with Gasteiger partial charge in [0.1, 0.15) is 17.8 Å². The first kappa shape index (κ1) is 25.1. The van der Waals surface area contributed by atoms with Gasteiger partial charge in [0.25, 0.3) is 0 Å². The molecule has 4 aromatic rings. The van der Waals surface area contributed by atoms with E-state index in [1.54, 1.807) is 0 Å². The lowest BCUT2D eigenvalue weighted by Crippen LogP contribution is -2.50. The third-order valence-corrected chi connectivity index (χ3v) is 7.86. The topological polar surface area (TPSA) is 80.4 Å². The van der Waals surface area contributed by atoms with Gasteiger partial charge in [0.2, 0.25) is 5.95 Å². The Morgan fingerprint density at radius 3 is 2.55 bits per heavy atom. The minimum Gasteiger partial charge on any atom is -0.378 e. The molecule has 0 aliphatic carbocycles. The molecule has 2 fully saturated rings. The van der Waals surface area contributed by atoms with Crippen LogP contribution in [0.3, 0.4) is 0 Å². The summed E-state index contributed by atoms with van der Waals surface area (Å²) in [5.41, 5.74) is 3.45. The van der Waals surface area contributed by atoms with Gasteiger partial charge in [-0.2, -0.15) is 9.97 Å². The van der Waals surface area contributed by atoms with Crippen LogP contribution in [0.25, 0.3) is 28.1 Å². The van der Waals surface area contributed by atoms with Crippen LogP contribution in [0.1, 0.15) is 25.0 Å². The summed E-state index contributed by atoms with van der Waals surface area (Å²) in [7, 11) is 5.90. The smallest absolute Gasteiger partial charge is 0.239 e. The first-order valence-corrected chi connectivity index (χ1v) is 13.5. The number of aryl methyl sites for hydroxylation is 2. The van der Waals surface area contributed by atoms with E-state index in [4.69, 9.17) is 24.7 Å². The molecule has 0 unspecified atom stereocenters. The molecule has 11 heteroatoms. The number of halogens is 1. The van der Waals surface area contributed by atoms with E-state index in [2.05, 4.69) is 27.4 Å². The fraction of sp³-hybridized carbons (Fsp3) is 0.556. The van der Waals surface area contributed by atoms with Crippen molar-refractivity contribution in [2.24, 2.45) is 7.05 Å². The van der Waals surface area contributed by atoms with Gasteiger partial charge in [-0.3, -0.25) is 9.47 Å². The van der Waals surface area contributed by atoms with Gasteiger partial charge in [-0.1, -0.05) is 19.1 Å². The van der Waals surface area contributed by atoms with Crippen LogP contribution >= 0.6 is 0 Å². The lowest BCUT2D eigenvalue weighted by molar-refractivity contribution is 0.0530. The molecule has 0 bridgehead atoms. The van der Waals surface area contributed by atoms with Gasteiger partial charge in [0.15, 0.2) is 17.0 Å². The number of fused-ring (bicyclic) bond motifs is 2. The molecule has 2 saturated heterocycles. The Bertz CT molecular complexity index is 1440. The normalized spacial score (nSPS) is 21.3. The van der Waals surface area contributed by atoms with Crippen LogP contribution in [0.15, 0.2) is 24.3 Å². The Kier molecular flexibility index (Phi) is 6.75. The summed E-state index contributed by atoms with van der Waals surface area (Å²) in [6.07, 6.45) is 0.673. The molecule has 3 aromatic heterocycles. The second-order valence-corrected chi connectivity index (χ2v) is 10.5. The maximum atomic E-state index is 14.9. The number of aromatic nitrogens is 6. The summed E-state index contributed by atoms with van der Waals surface area (Å²) in [6.45, 7) is 6.68. The first-order chi connectivity index (χ1) is 18.4. The Labute approximate surface area is 222 Å². The molecule has 2 atom stereocenters. The van der Waals surface area contributed by atoms with E-state index >= 15 is 0 Å². The number of hydrogen-bond acceptors (Lipinski definition) is 8. The molecule has 2 aliphatic heterocycles. The SMILES string of the molecule is CCc1nc2ccccc2n1-c1nc(N2CCOCC2)c2nc(CN3CC[C@H](N(C)C)[C@H](F)C3)n(C)c2n1. The predicted octanol–water partition coefficient (Wildman–Crippen LogP) is 2.58. The third kappa shape index (κ3) is 4.42. The zero-order valence-electron chi connectivity index (χ0n) is 22.6. The van der Waals surface area contributed by atoms with Crippen LogP contribution in [0, 0.1) is 0 Å².